The lowest BCUT2D eigenvalue weighted by Crippen LogP contribution is -2.02. The van der Waals surface area contributed by atoms with Crippen LogP contribution in [0.1, 0.15) is 29.1 Å². The highest BCUT2D eigenvalue weighted by Gasteiger charge is 2.12. The molecule has 1 aromatic heterocycles. The maximum Gasteiger partial charge on any atom is 0.303 e. The topological polar surface area (TPSA) is 80.4 Å². The molecule has 1 rings (SSSR count). The third kappa shape index (κ3) is 2.70. The van der Waals surface area contributed by atoms with Crippen LogP contribution in [0.25, 0.3) is 0 Å². The van der Waals surface area contributed by atoms with E-state index >= 15 is 0 Å². The van der Waals surface area contributed by atoms with E-state index in [9.17, 15) is 9.59 Å². The van der Waals surface area contributed by atoms with Crippen molar-refractivity contribution in [3.8, 4) is 0 Å². The minimum absolute atomic E-state index is 0.0516. The molecule has 0 bridgehead atoms. The zero-order chi connectivity index (χ0) is 9.84. The van der Waals surface area contributed by atoms with Crippen molar-refractivity contribution in [2.75, 3.05) is 0 Å². The molecule has 0 spiro atoms. The van der Waals surface area contributed by atoms with Gasteiger partial charge in [-0.2, -0.15) is 0 Å². The fourth-order valence-corrected chi connectivity index (χ4v) is 0.839. The van der Waals surface area contributed by atoms with Crippen molar-refractivity contribution in [2.24, 2.45) is 0 Å². The molecule has 0 saturated heterocycles. The fraction of sp³-hybridized carbons (Fsp3) is 0.375. The van der Waals surface area contributed by atoms with Crippen LogP contribution in [0.2, 0.25) is 0 Å². The molecule has 0 radical (unpaired) electrons. The van der Waals surface area contributed by atoms with E-state index < -0.39 is 5.97 Å². The van der Waals surface area contributed by atoms with E-state index in [1.54, 1.807) is 6.92 Å². The highest BCUT2D eigenvalue weighted by atomic mass is 16.5. The zero-order valence-electron chi connectivity index (χ0n) is 7.11. The number of hydrogen-bond donors (Lipinski definition) is 1. The SMILES string of the molecule is Cc1cc(C(=O)CCC(=O)O)on1. The van der Waals surface area contributed by atoms with Crippen LogP contribution < -0.4 is 0 Å². The van der Waals surface area contributed by atoms with Crippen molar-refractivity contribution in [3.05, 3.63) is 17.5 Å². The summed E-state index contributed by atoms with van der Waals surface area (Å²) in [5, 5.41) is 11.8. The van der Waals surface area contributed by atoms with E-state index in [4.69, 9.17) is 5.11 Å². The molecule has 0 atom stereocenters. The summed E-state index contributed by atoms with van der Waals surface area (Å²) in [6.45, 7) is 1.69. The Bertz CT molecular complexity index is 329. The standard InChI is InChI=1S/C8H9NO4/c1-5-4-7(13-9-5)6(10)2-3-8(11)12/h4H,2-3H2,1H3,(H,11,12). The van der Waals surface area contributed by atoms with Crippen LogP contribution >= 0.6 is 0 Å². The molecule has 1 N–H and O–H groups in total. The van der Waals surface area contributed by atoms with Gasteiger partial charge < -0.3 is 9.63 Å². The molecule has 5 heteroatoms. The summed E-state index contributed by atoms with van der Waals surface area (Å²) in [5.74, 6) is -1.20. The molecule has 0 saturated carbocycles. The second-order valence-electron chi connectivity index (χ2n) is 2.65. The van der Waals surface area contributed by atoms with Crippen LogP contribution in [0, 0.1) is 6.92 Å². The molecule has 0 amide bonds. The molecule has 0 aliphatic heterocycles. The molecule has 0 unspecified atom stereocenters. The Labute approximate surface area is 74.3 Å². The number of hydrogen-bond acceptors (Lipinski definition) is 4. The maximum atomic E-state index is 11.2. The second kappa shape index (κ2) is 3.84. The smallest absolute Gasteiger partial charge is 0.303 e. The van der Waals surface area contributed by atoms with Crippen LogP contribution in [0.4, 0.5) is 0 Å². The van der Waals surface area contributed by atoms with Gasteiger partial charge in [0.05, 0.1) is 12.1 Å². The number of carbonyl (C=O) groups is 2. The summed E-state index contributed by atoms with van der Waals surface area (Å²) >= 11 is 0. The quantitative estimate of drug-likeness (QED) is 0.705. The van der Waals surface area contributed by atoms with Gasteiger partial charge in [0, 0.05) is 12.5 Å². The number of aromatic nitrogens is 1. The van der Waals surface area contributed by atoms with Gasteiger partial charge in [0.25, 0.3) is 0 Å². The lowest BCUT2D eigenvalue weighted by Gasteiger charge is -1.91. The first kappa shape index (κ1) is 9.44. The molecule has 0 fully saturated rings. The minimum Gasteiger partial charge on any atom is -0.481 e. The van der Waals surface area contributed by atoms with E-state index in [1.807, 2.05) is 0 Å². The van der Waals surface area contributed by atoms with Gasteiger partial charge in [-0.05, 0) is 6.92 Å². The summed E-state index contributed by atoms with van der Waals surface area (Å²) in [6.07, 6.45) is -0.234. The van der Waals surface area contributed by atoms with Crippen LogP contribution in [-0.2, 0) is 4.79 Å². The highest BCUT2D eigenvalue weighted by Crippen LogP contribution is 2.06. The summed E-state index contributed by atoms with van der Waals surface area (Å²) in [7, 11) is 0. The number of aryl methyl sites for hydroxylation is 1. The molecule has 0 aromatic carbocycles. The van der Waals surface area contributed by atoms with E-state index in [0.717, 1.165) is 0 Å². The summed E-state index contributed by atoms with van der Waals surface area (Å²) in [5.41, 5.74) is 0.610. The monoisotopic (exact) mass is 183 g/mol. The van der Waals surface area contributed by atoms with Gasteiger partial charge in [-0.1, -0.05) is 5.16 Å². The number of carboxylic acids is 1. The lowest BCUT2D eigenvalue weighted by molar-refractivity contribution is -0.136. The van der Waals surface area contributed by atoms with Crippen LogP contribution in [0.15, 0.2) is 10.6 Å². The summed E-state index contributed by atoms with van der Waals surface area (Å²) < 4.78 is 4.67. The Morgan fingerprint density at radius 1 is 1.54 bits per heavy atom. The van der Waals surface area contributed by atoms with Crippen molar-refractivity contribution in [3.63, 3.8) is 0 Å². The summed E-state index contributed by atoms with van der Waals surface area (Å²) in [6, 6.07) is 1.49. The van der Waals surface area contributed by atoms with Crippen LogP contribution in [0.3, 0.4) is 0 Å². The molecule has 70 valence electrons. The average Bonchev–Trinajstić information content (AvgIpc) is 2.47. The third-order valence-electron chi connectivity index (χ3n) is 1.47. The molecule has 13 heavy (non-hydrogen) atoms. The molecule has 0 aliphatic rings. The van der Waals surface area contributed by atoms with Gasteiger partial charge in [-0.25, -0.2) is 0 Å². The van der Waals surface area contributed by atoms with Crippen molar-refractivity contribution in [2.45, 2.75) is 19.8 Å². The van der Waals surface area contributed by atoms with Crippen molar-refractivity contribution in [1.29, 1.82) is 0 Å². The van der Waals surface area contributed by atoms with Gasteiger partial charge in [-0.3, -0.25) is 9.59 Å². The van der Waals surface area contributed by atoms with Crippen LogP contribution in [-0.4, -0.2) is 22.0 Å². The van der Waals surface area contributed by atoms with Crippen molar-refractivity contribution in [1.82, 2.24) is 5.16 Å². The Kier molecular flexibility index (Phi) is 2.79. The molecular weight excluding hydrogens is 174 g/mol. The van der Waals surface area contributed by atoms with Crippen molar-refractivity contribution >= 4 is 11.8 Å². The number of ketones is 1. The van der Waals surface area contributed by atoms with Gasteiger partial charge in [0.2, 0.25) is 11.5 Å². The second-order valence-corrected chi connectivity index (χ2v) is 2.65. The van der Waals surface area contributed by atoms with Crippen molar-refractivity contribution < 1.29 is 19.2 Å². The number of carbonyl (C=O) groups excluding carboxylic acids is 1. The summed E-state index contributed by atoms with van der Waals surface area (Å²) in [4.78, 5) is 21.3. The fourth-order valence-electron chi connectivity index (χ4n) is 0.839. The first-order valence-electron chi connectivity index (χ1n) is 3.78. The van der Waals surface area contributed by atoms with Gasteiger partial charge in [0.15, 0.2) is 0 Å². The minimum atomic E-state index is -0.996. The number of rotatable bonds is 4. The number of aliphatic carboxylic acids is 1. The maximum absolute atomic E-state index is 11.2. The molecule has 0 aliphatic carbocycles. The Hall–Kier alpha value is -1.65. The molecule has 1 heterocycles. The lowest BCUT2D eigenvalue weighted by atomic mass is 10.2. The van der Waals surface area contributed by atoms with Gasteiger partial charge >= 0.3 is 5.97 Å². The zero-order valence-corrected chi connectivity index (χ0v) is 7.11. The predicted molar refractivity (Wildman–Crippen MR) is 42.4 cm³/mol. The first-order valence-corrected chi connectivity index (χ1v) is 3.78. The van der Waals surface area contributed by atoms with E-state index in [1.165, 1.54) is 6.07 Å². The van der Waals surface area contributed by atoms with E-state index in [-0.39, 0.29) is 24.4 Å². The predicted octanol–water partition coefficient (Wildman–Crippen LogP) is 1.03. The van der Waals surface area contributed by atoms with Crippen LogP contribution in [0.5, 0.6) is 0 Å². The molecule has 5 nitrogen and oxygen atoms in total. The number of nitrogens with zero attached hydrogens (tertiary/aromatic N) is 1. The Balaban J connectivity index is 2.54. The third-order valence-corrected chi connectivity index (χ3v) is 1.47. The van der Waals surface area contributed by atoms with Gasteiger partial charge in [0.1, 0.15) is 0 Å². The van der Waals surface area contributed by atoms with E-state index in [2.05, 4.69) is 9.68 Å². The normalized spacial score (nSPS) is 9.92. The number of carboxylic acid groups (broad SMARTS) is 1. The number of Topliss-reactive ketones (excluding diaryl/α,β-unsaturated/α-hetero) is 1. The molecule has 1 aromatic rings. The average molecular weight is 183 g/mol. The largest absolute Gasteiger partial charge is 0.481 e. The van der Waals surface area contributed by atoms with E-state index in [0.29, 0.717) is 5.69 Å². The Morgan fingerprint density at radius 2 is 2.23 bits per heavy atom. The van der Waals surface area contributed by atoms with Gasteiger partial charge in [-0.15, -0.1) is 0 Å². The molecular formula is C8H9NO4. The Morgan fingerprint density at radius 3 is 2.69 bits per heavy atom. The first-order chi connectivity index (χ1) is 6.09. The highest BCUT2D eigenvalue weighted by molar-refractivity contribution is 5.94.